The van der Waals surface area contributed by atoms with Gasteiger partial charge in [-0.25, -0.2) is 0 Å². The molecule has 3 aromatic rings. The van der Waals surface area contributed by atoms with Crippen molar-refractivity contribution in [1.29, 1.82) is 0 Å². The molecular weight excluding hydrogens is 336 g/mol. The summed E-state index contributed by atoms with van der Waals surface area (Å²) in [5.74, 6) is 0. The third kappa shape index (κ3) is 8.25. The summed E-state index contributed by atoms with van der Waals surface area (Å²) in [7, 11) is 0. The molecule has 0 nitrogen and oxygen atoms in total. The standard InChI is InChI=1S/C22H18.3C2H6/c1-18(19-11-5-2-6-12-19)17-22(20-13-7-3-8-14-20)21-15-9-4-10-16-21;3*1-2/h2-16H,1H3;3*1-2H3. The van der Waals surface area contributed by atoms with Gasteiger partial charge < -0.3 is 0 Å². The molecule has 0 saturated heterocycles. The quantitative estimate of drug-likeness (QED) is 0.403. The van der Waals surface area contributed by atoms with Gasteiger partial charge in [-0.1, -0.05) is 133 Å². The molecule has 3 aromatic carbocycles. The molecule has 148 valence electrons. The van der Waals surface area contributed by atoms with Crippen molar-refractivity contribution in [1.82, 2.24) is 0 Å². The predicted molar refractivity (Wildman–Crippen MR) is 128 cm³/mol. The summed E-state index contributed by atoms with van der Waals surface area (Å²) in [4.78, 5) is 0. The van der Waals surface area contributed by atoms with E-state index >= 15 is 0 Å². The fraction of sp³-hybridized carbons (Fsp3) is 0.250. The lowest BCUT2D eigenvalue weighted by Gasteiger charge is -2.06. The lowest BCUT2D eigenvalue weighted by molar-refractivity contribution is 1.50. The second-order valence-corrected chi connectivity index (χ2v) is 5.22. The van der Waals surface area contributed by atoms with Crippen molar-refractivity contribution in [2.75, 3.05) is 0 Å². The van der Waals surface area contributed by atoms with Gasteiger partial charge in [0.2, 0.25) is 0 Å². The van der Waals surface area contributed by atoms with Gasteiger partial charge in [0.05, 0.1) is 0 Å². The van der Waals surface area contributed by atoms with E-state index < -0.39 is 0 Å². The number of allylic oxidation sites excluding steroid dienone is 1. The van der Waals surface area contributed by atoms with Crippen molar-refractivity contribution in [3.63, 3.8) is 0 Å². The fourth-order valence-electron chi connectivity index (χ4n) is 2.47. The van der Waals surface area contributed by atoms with Crippen LogP contribution in [0.3, 0.4) is 0 Å². The molecule has 0 aliphatic rings. The van der Waals surface area contributed by atoms with Crippen molar-refractivity contribution in [3.8, 4) is 0 Å². The summed E-state index contributed by atoms with van der Waals surface area (Å²) in [5, 5.41) is 0. The van der Waals surface area contributed by atoms with E-state index in [4.69, 9.17) is 0 Å². The third-order valence-corrected chi connectivity index (χ3v) is 3.64. The lowest BCUT2D eigenvalue weighted by atomic mass is 9.97. The minimum Gasteiger partial charge on any atom is -0.108 e. The maximum Gasteiger partial charge on any atom is 0.0312 e. The van der Waals surface area contributed by atoms with Crippen molar-refractivity contribution >= 4 is 11.1 Å². The number of rotatable bonds is 3. The van der Waals surface area contributed by atoms with Gasteiger partial charge in [-0.15, -0.1) is 5.73 Å². The fourth-order valence-corrected chi connectivity index (χ4v) is 2.47. The largest absolute Gasteiger partial charge is 0.108 e. The Morgan fingerprint density at radius 2 is 0.750 bits per heavy atom. The molecule has 0 aliphatic heterocycles. The van der Waals surface area contributed by atoms with E-state index in [1.807, 2.05) is 59.7 Å². The summed E-state index contributed by atoms with van der Waals surface area (Å²) < 4.78 is 0. The first-order valence-electron chi connectivity index (χ1n) is 10.5. The number of benzene rings is 3. The van der Waals surface area contributed by atoms with Crippen LogP contribution in [-0.4, -0.2) is 0 Å². The van der Waals surface area contributed by atoms with Gasteiger partial charge >= 0.3 is 0 Å². The molecule has 0 aliphatic carbocycles. The molecule has 0 spiro atoms. The van der Waals surface area contributed by atoms with Crippen LogP contribution in [0, 0.1) is 0 Å². The first kappa shape index (κ1) is 25.2. The zero-order chi connectivity index (χ0) is 21.2. The Balaban J connectivity index is 0.00000111. The Hall–Kier alpha value is -2.82. The molecule has 3 rings (SSSR count). The van der Waals surface area contributed by atoms with Gasteiger partial charge in [0.1, 0.15) is 0 Å². The van der Waals surface area contributed by atoms with E-state index in [-0.39, 0.29) is 0 Å². The lowest BCUT2D eigenvalue weighted by Crippen LogP contribution is -1.87. The van der Waals surface area contributed by atoms with Crippen molar-refractivity contribution in [3.05, 3.63) is 113 Å². The first-order valence-corrected chi connectivity index (χ1v) is 10.5. The molecule has 0 atom stereocenters. The number of hydrogen-bond acceptors (Lipinski definition) is 0. The Morgan fingerprint density at radius 1 is 0.464 bits per heavy atom. The molecule has 0 N–H and O–H groups in total. The average molecular weight is 373 g/mol. The van der Waals surface area contributed by atoms with Crippen LogP contribution in [0.25, 0.3) is 11.1 Å². The molecule has 0 heteroatoms. The molecule has 0 fully saturated rings. The van der Waals surface area contributed by atoms with E-state index in [2.05, 4.69) is 85.5 Å². The zero-order valence-electron chi connectivity index (χ0n) is 18.7. The normalized spacial score (nSPS) is 8.39. The van der Waals surface area contributed by atoms with Gasteiger partial charge in [0.25, 0.3) is 0 Å². The highest BCUT2D eigenvalue weighted by Gasteiger charge is 2.04. The van der Waals surface area contributed by atoms with E-state index in [9.17, 15) is 0 Å². The van der Waals surface area contributed by atoms with Gasteiger partial charge in [0, 0.05) is 5.57 Å². The predicted octanol–water partition coefficient (Wildman–Crippen LogP) is 8.90. The Kier molecular flexibility index (Phi) is 14.7. The smallest absolute Gasteiger partial charge is 0.0312 e. The van der Waals surface area contributed by atoms with Crippen LogP contribution >= 0.6 is 0 Å². The summed E-state index contributed by atoms with van der Waals surface area (Å²) in [5.41, 5.74) is 9.44. The minimum atomic E-state index is 1.13. The highest BCUT2D eigenvalue weighted by atomic mass is 14.1. The van der Waals surface area contributed by atoms with Crippen molar-refractivity contribution in [2.24, 2.45) is 0 Å². The Morgan fingerprint density at radius 3 is 1.07 bits per heavy atom. The van der Waals surface area contributed by atoms with Gasteiger partial charge in [0.15, 0.2) is 0 Å². The number of hydrogen-bond donors (Lipinski definition) is 0. The van der Waals surface area contributed by atoms with Gasteiger partial charge in [-0.2, -0.15) is 0 Å². The first-order chi connectivity index (χ1) is 13.8. The van der Waals surface area contributed by atoms with Gasteiger partial charge in [-0.05, 0) is 29.2 Å². The summed E-state index contributed by atoms with van der Waals surface area (Å²) in [6.07, 6.45) is 0. The minimum absolute atomic E-state index is 1.13. The molecule has 0 unspecified atom stereocenters. The molecule has 28 heavy (non-hydrogen) atoms. The molecule has 0 amide bonds. The van der Waals surface area contributed by atoms with Crippen LogP contribution in [0.2, 0.25) is 0 Å². The van der Waals surface area contributed by atoms with Crippen LogP contribution in [0.15, 0.2) is 96.7 Å². The Bertz CT molecular complexity index is 749. The second kappa shape index (κ2) is 16.4. The third-order valence-electron chi connectivity index (χ3n) is 3.64. The molecule has 0 aromatic heterocycles. The average Bonchev–Trinajstić information content (AvgIpc) is 2.83. The van der Waals surface area contributed by atoms with E-state index in [0.29, 0.717) is 0 Å². The maximum atomic E-state index is 3.60. The van der Waals surface area contributed by atoms with Crippen LogP contribution in [0.4, 0.5) is 0 Å². The zero-order valence-corrected chi connectivity index (χ0v) is 18.7. The second-order valence-electron chi connectivity index (χ2n) is 5.22. The SMILES string of the molecule is CC.CC.CC.CC(=C=C(c1ccccc1)c1ccccc1)c1ccccc1. The maximum absolute atomic E-state index is 3.60. The monoisotopic (exact) mass is 372 g/mol. The Labute approximate surface area is 173 Å². The summed E-state index contributed by atoms with van der Waals surface area (Å²) >= 11 is 0. The molecular formula is C28H36. The van der Waals surface area contributed by atoms with Crippen LogP contribution in [-0.2, 0) is 0 Å². The molecule has 0 radical (unpaired) electrons. The van der Waals surface area contributed by atoms with Crippen molar-refractivity contribution < 1.29 is 0 Å². The van der Waals surface area contributed by atoms with Gasteiger partial charge in [-0.3, -0.25) is 0 Å². The summed E-state index contributed by atoms with van der Waals surface area (Å²) in [6, 6.07) is 31.3. The van der Waals surface area contributed by atoms with Crippen LogP contribution in [0.1, 0.15) is 65.2 Å². The topological polar surface area (TPSA) is 0 Å². The highest BCUT2D eigenvalue weighted by Crippen LogP contribution is 2.24. The van der Waals surface area contributed by atoms with E-state index in [1.54, 1.807) is 0 Å². The van der Waals surface area contributed by atoms with Crippen molar-refractivity contribution in [2.45, 2.75) is 48.5 Å². The highest BCUT2D eigenvalue weighted by molar-refractivity contribution is 5.83. The van der Waals surface area contributed by atoms with E-state index in [0.717, 1.165) is 11.1 Å². The van der Waals surface area contributed by atoms with E-state index in [1.165, 1.54) is 16.7 Å². The van der Waals surface area contributed by atoms with Crippen LogP contribution in [0.5, 0.6) is 0 Å². The summed E-state index contributed by atoms with van der Waals surface area (Å²) in [6.45, 7) is 14.1. The molecule has 0 bridgehead atoms. The molecule has 0 saturated carbocycles. The molecule has 0 heterocycles. The van der Waals surface area contributed by atoms with Crippen LogP contribution < -0.4 is 0 Å².